The number of hydrogen-bond donors (Lipinski definition) is 2. The Hall–Kier alpha value is -1.07. The molecule has 1 aromatic carbocycles. The van der Waals surface area contributed by atoms with Crippen LogP contribution in [-0.4, -0.2) is 32.2 Å². The molecule has 0 aromatic heterocycles. The van der Waals surface area contributed by atoms with E-state index in [4.69, 9.17) is 0 Å². The van der Waals surface area contributed by atoms with Crippen LogP contribution in [0.25, 0.3) is 0 Å². The number of piperazine rings is 1. The highest BCUT2D eigenvalue weighted by molar-refractivity contribution is 5.28. The number of halogens is 3. The molecule has 134 valence electrons. The first-order valence-corrected chi connectivity index (χ1v) is 9.37. The van der Waals surface area contributed by atoms with Gasteiger partial charge in [-0.1, -0.05) is 31.0 Å². The maximum absolute atomic E-state index is 13.1. The first-order chi connectivity index (χ1) is 11.5. The summed E-state index contributed by atoms with van der Waals surface area (Å²) >= 11 is 0. The average Bonchev–Trinajstić information content (AvgIpc) is 2.84. The summed E-state index contributed by atoms with van der Waals surface area (Å²) in [7, 11) is 0. The molecule has 24 heavy (non-hydrogen) atoms. The molecule has 0 spiro atoms. The number of hydrogen-bond acceptors (Lipinski definition) is 0. The smallest absolute Gasteiger partial charge is 0.323 e. The van der Waals surface area contributed by atoms with E-state index in [-0.39, 0.29) is 0 Å². The van der Waals surface area contributed by atoms with Gasteiger partial charge in [-0.3, -0.25) is 0 Å². The Balaban J connectivity index is 1.56. The third-order valence-electron chi connectivity index (χ3n) is 5.80. The maximum atomic E-state index is 13.1. The zero-order valence-corrected chi connectivity index (χ0v) is 14.3. The van der Waals surface area contributed by atoms with Crippen molar-refractivity contribution in [3.63, 3.8) is 0 Å². The predicted molar refractivity (Wildman–Crippen MR) is 88.0 cm³/mol. The van der Waals surface area contributed by atoms with Crippen LogP contribution >= 0.6 is 0 Å². The molecule has 1 aliphatic heterocycles. The minimum Gasteiger partial charge on any atom is -0.323 e. The molecule has 2 fully saturated rings. The van der Waals surface area contributed by atoms with Crippen molar-refractivity contribution in [3.05, 3.63) is 35.4 Å². The molecule has 2 N–H and O–H groups in total. The molecule has 1 saturated carbocycles. The first kappa shape index (κ1) is 17.7. The molecule has 1 aromatic rings. The van der Waals surface area contributed by atoms with Crippen LogP contribution in [-0.2, 0) is 12.7 Å². The Bertz CT molecular complexity index is 514. The second-order valence-electron chi connectivity index (χ2n) is 7.43. The van der Waals surface area contributed by atoms with Gasteiger partial charge in [0.05, 0.1) is 11.6 Å². The van der Waals surface area contributed by atoms with E-state index >= 15 is 0 Å². The van der Waals surface area contributed by atoms with E-state index in [1.54, 1.807) is 17.0 Å². The van der Waals surface area contributed by atoms with Crippen LogP contribution in [0.4, 0.5) is 13.2 Å². The molecule has 1 aliphatic carbocycles. The fourth-order valence-electron chi connectivity index (χ4n) is 4.42. The highest BCUT2D eigenvalue weighted by atomic mass is 19.4. The summed E-state index contributed by atoms with van der Waals surface area (Å²) in [5, 5.41) is 0. The fraction of sp³-hybridized carbons (Fsp3) is 0.684. The zero-order chi connectivity index (χ0) is 17.0. The normalized spacial score (nSPS) is 27.0. The number of benzene rings is 1. The summed E-state index contributed by atoms with van der Waals surface area (Å²) in [4.78, 5) is 2.99. The van der Waals surface area contributed by atoms with Crippen molar-refractivity contribution < 1.29 is 23.0 Å². The maximum Gasteiger partial charge on any atom is 0.416 e. The number of nitrogens with one attached hydrogen (secondary N) is 2. The SMILES string of the molecule is FC(F)(F)c1ccccc1C[NH+]1CC[NH+](C2CCCCCC2)CC1. The van der Waals surface area contributed by atoms with Crippen molar-refractivity contribution >= 4 is 0 Å². The Morgan fingerprint density at radius 3 is 2.12 bits per heavy atom. The van der Waals surface area contributed by atoms with Crippen molar-refractivity contribution in [2.24, 2.45) is 0 Å². The molecule has 0 unspecified atom stereocenters. The van der Waals surface area contributed by atoms with Gasteiger partial charge in [-0.25, -0.2) is 0 Å². The summed E-state index contributed by atoms with van der Waals surface area (Å²) in [6.07, 6.45) is 3.87. The largest absolute Gasteiger partial charge is 0.416 e. The summed E-state index contributed by atoms with van der Waals surface area (Å²) < 4.78 is 39.4. The van der Waals surface area contributed by atoms with Crippen molar-refractivity contribution in [1.29, 1.82) is 0 Å². The van der Waals surface area contributed by atoms with Gasteiger partial charge < -0.3 is 9.80 Å². The average molecular weight is 342 g/mol. The van der Waals surface area contributed by atoms with Gasteiger partial charge in [-0.05, 0) is 31.7 Å². The number of rotatable bonds is 3. The molecular weight excluding hydrogens is 313 g/mol. The molecule has 1 saturated heterocycles. The van der Waals surface area contributed by atoms with Crippen LogP contribution < -0.4 is 9.80 Å². The molecule has 2 nitrogen and oxygen atoms in total. The third-order valence-corrected chi connectivity index (χ3v) is 5.80. The van der Waals surface area contributed by atoms with Gasteiger partial charge >= 0.3 is 6.18 Å². The van der Waals surface area contributed by atoms with Crippen LogP contribution in [0.2, 0.25) is 0 Å². The molecule has 5 heteroatoms. The minimum absolute atomic E-state index is 0.443. The monoisotopic (exact) mass is 342 g/mol. The summed E-state index contributed by atoms with van der Waals surface area (Å²) in [6.45, 7) is 4.67. The quantitative estimate of drug-likeness (QED) is 0.774. The highest BCUT2D eigenvalue weighted by Crippen LogP contribution is 2.31. The second kappa shape index (κ2) is 7.87. The van der Waals surface area contributed by atoms with Crippen LogP contribution in [0.15, 0.2) is 24.3 Å². The van der Waals surface area contributed by atoms with Crippen LogP contribution in [0.5, 0.6) is 0 Å². The molecule has 0 bridgehead atoms. The summed E-state index contributed by atoms with van der Waals surface area (Å²) in [5.74, 6) is 0. The van der Waals surface area contributed by atoms with Crippen LogP contribution in [0.3, 0.4) is 0 Å². The Kier molecular flexibility index (Phi) is 5.82. The van der Waals surface area contributed by atoms with E-state index in [9.17, 15) is 13.2 Å². The molecule has 0 atom stereocenters. The van der Waals surface area contributed by atoms with E-state index in [1.807, 2.05) is 0 Å². The van der Waals surface area contributed by atoms with Gasteiger partial charge in [-0.15, -0.1) is 0 Å². The van der Waals surface area contributed by atoms with Gasteiger partial charge in [-0.2, -0.15) is 13.2 Å². The van der Waals surface area contributed by atoms with Gasteiger partial charge in [0.25, 0.3) is 0 Å². The lowest BCUT2D eigenvalue weighted by Gasteiger charge is -2.34. The Morgan fingerprint density at radius 2 is 1.50 bits per heavy atom. The van der Waals surface area contributed by atoms with Gasteiger partial charge in [0, 0.05) is 5.56 Å². The second-order valence-corrected chi connectivity index (χ2v) is 7.43. The lowest BCUT2D eigenvalue weighted by Crippen LogP contribution is -3.29. The van der Waals surface area contributed by atoms with Crippen molar-refractivity contribution in [1.82, 2.24) is 0 Å². The topological polar surface area (TPSA) is 8.88 Å². The van der Waals surface area contributed by atoms with Crippen molar-refractivity contribution in [2.75, 3.05) is 26.2 Å². The van der Waals surface area contributed by atoms with E-state index in [2.05, 4.69) is 0 Å². The molecule has 3 rings (SSSR count). The lowest BCUT2D eigenvalue weighted by atomic mass is 10.0. The zero-order valence-electron chi connectivity index (χ0n) is 14.3. The highest BCUT2D eigenvalue weighted by Gasteiger charge is 2.35. The van der Waals surface area contributed by atoms with E-state index in [1.165, 1.54) is 55.6 Å². The van der Waals surface area contributed by atoms with E-state index in [0.717, 1.165) is 32.2 Å². The van der Waals surface area contributed by atoms with Crippen LogP contribution in [0, 0.1) is 0 Å². The number of alkyl halides is 3. The number of quaternary nitrogens is 2. The predicted octanol–water partition coefficient (Wildman–Crippen LogP) is 1.71. The van der Waals surface area contributed by atoms with Gasteiger partial charge in [0.2, 0.25) is 0 Å². The Morgan fingerprint density at radius 1 is 0.875 bits per heavy atom. The molecule has 0 radical (unpaired) electrons. The Labute approximate surface area is 142 Å². The lowest BCUT2D eigenvalue weighted by molar-refractivity contribution is -1.03. The first-order valence-electron chi connectivity index (χ1n) is 9.37. The summed E-state index contributed by atoms with van der Waals surface area (Å²) in [5.41, 5.74) is -0.0195. The fourth-order valence-corrected chi connectivity index (χ4v) is 4.42. The van der Waals surface area contributed by atoms with E-state index < -0.39 is 11.7 Å². The van der Waals surface area contributed by atoms with E-state index in [0.29, 0.717) is 12.1 Å². The summed E-state index contributed by atoms with van der Waals surface area (Å²) in [6, 6.07) is 6.84. The van der Waals surface area contributed by atoms with Crippen molar-refractivity contribution in [2.45, 2.75) is 57.3 Å². The standard InChI is InChI=1S/C19H27F3N2/c20-19(21,22)18-10-6-5-7-16(18)15-23-11-13-24(14-12-23)17-8-3-1-2-4-9-17/h5-7,10,17H,1-4,8-9,11-15H2/p+2. The molecular formula is C19H29F3N2+2. The van der Waals surface area contributed by atoms with Crippen molar-refractivity contribution in [3.8, 4) is 0 Å². The van der Waals surface area contributed by atoms with Gasteiger partial charge in [0.15, 0.2) is 0 Å². The minimum atomic E-state index is -4.25. The van der Waals surface area contributed by atoms with Crippen LogP contribution in [0.1, 0.15) is 49.7 Å². The molecule has 0 amide bonds. The molecule has 2 aliphatic rings. The van der Waals surface area contributed by atoms with Gasteiger partial charge in [0.1, 0.15) is 32.7 Å². The molecule has 1 heterocycles. The third kappa shape index (κ3) is 4.51.